The Bertz CT molecular complexity index is 700. The summed E-state index contributed by atoms with van der Waals surface area (Å²) in [5, 5.41) is 0. The van der Waals surface area contributed by atoms with Gasteiger partial charge in [0.2, 0.25) is 5.82 Å². The largest absolute Gasteiger partial charge is 0.451 e. The van der Waals surface area contributed by atoms with Crippen molar-refractivity contribution in [3.63, 3.8) is 0 Å². The number of pyridine rings is 1. The van der Waals surface area contributed by atoms with Crippen molar-refractivity contribution in [1.29, 1.82) is 0 Å². The van der Waals surface area contributed by atoms with Gasteiger partial charge in [0.05, 0.1) is 5.69 Å². The molecule has 3 aromatic heterocycles. The maximum absolute atomic E-state index is 12.5. The Labute approximate surface area is 105 Å². The van der Waals surface area contributed by atoms with Crippen LogP contribution < -0.4 is 0 Å². The number of halogens is 3. The van der Waals surface area contributed by atoms with Gasteiger partial charge in [-0.05, 0) is 18.2 Å². The van der Waals surface area contributed by atoms with Crippen LogP contribution in [0.15, 0.2) is 42.9 Å². The molecule has 0 bridgehead atoms. The lowest BCUT2D eigenvalue weighted by atomic mass is 10.3. The molecule has 3 heterocycles. The van der Waals surface area contributed by atoms with Crippen LogP contribution >= 0.6 is 0 Å². The maximum atomic E-state index is 12.5. The molecule has 7 heteroatoms. The molecule has 3 rings (SSSR count). The second kappa shape index (κ2) is 4.04. The summed E-state index contributed by atoms with van der Waals surface area (Å²) in [5.41, 5.74) is 1.16. The zero-order valence-corrected chi connectivity index (χ0v) is 9.46. The van der Waals surface area contributed by atoms with Crippen LogP contribution in [0, 0.1) is 0 Å². The van der Waals surface area contributed by atoms with E-state index in [1.807, 2.05) is 0 Å². The molecule has 0 atom stereocenters. The van der Waals surface area contributed by atoms with Crippen molar-refractivity contribution in [1.82, 2.24) is 19.4 Å². The Kier molecular flexibility index (Phi) is 2.48. The average molecular weight is 264 g/mol. The van der Waals surface area contributed by atoms with Gasteiger partial charge >= 0.3 is 6.18 Å². The van der Waals surface area contributed by atoms with Crippen LogP contribution in [0.25, 0.3) is 17.0 Å². The summed E-state index contributed by atoms with van der Waals surface area (Å²) in [6.07, 6.45) is -0.0974. The molecule has 96 valence electrons. The molecule has 0 radical (unpaired) electrons. The molecule has 0 aliphatic rings. The molecule has 0 saturated heterocycles. The van der Waals surface area contributed by atoms with E-state index in [0.717, 1.165) is 6.20 Å². The summed E-state index contributed by atoms with van der Waals surface area (Å²) in [5.74, 6) is -1.16. The Morgan fingerprint density at radius 2 is 1.84 bits per heavy atom. The van der Waals surface area contributed by atoms with Gasteiger partial charge < -0.3 is 4.40 Å². The monoisotopic (exact) mass is 264 g/mol. The molecule has 0 aliphatic carbocycles. The number of hydrogen-bond acceptors (Lipinski definition) is 3. The highest BCUT2D eigenvalue weighted by atomic mass is 19.4. The summed E-state index contributed by atoms with van der Waals surface area (Å²) in [7, 11) is 0. The van der Waals surface area contributed by atoms with E-state index in [1.165, 1.54) is 6.07 Å². The Morgan fingerprint density at radius 1 is 1.00 bits per heavy atom. The van der Waals surface area contributed by atoms with E-state index in [1.54, 1.807) is 35.0 Å². The molecular formula is C12H7F3N4. The smallest absolute Gasteiger partial charge is 0.306 e. The highest BCUT2D eigenvalue weighted by Gasteiger charge is 2.34. The van der Waals surface area contributed by atoms with Gasteiger partial charge in [-0.15, -0.1) is 0 Å². The molecule has 19 heavy (non-hydrogen) atoms. The quantitative estimate of drug-likeness (QED) is 0.678. The van der Waals surface area contributed by atoms with Gasteiger partial charge in [0.25, 0.3) is 0 Å². The third-order valence-corrected chi connectivity index (χ3v) is 2.54. The van der Waals surface area contributed by atoms with Gasteiger partial charge in [-0.3, -0.25) is 0 Å². The van der Waals surface area contributed by atoms with Crippen LogP contribution in [-0.4, -0.2) is 19.4 Å². The number of imidazole rings is 1. The van der Waals surface area contributed by atoms with Gasteiger partial charge in [-0.2, -0.15) is 13.2 Å². The molecule has 0 aliphatic heterocycles. The minimum absolute atomic E-state index is 0.144. The van der Waals surface area contributed by atoms with E-state index in [2.05, 4.69) is 15.0 Å². The van der Waals surface area contributed by atoms with E-state index < -0.39 is 12.0 Å². The Morgan fingerprint density at radius 3 is 2.58 bits per heavy atom. The molecule has 3 aromatic rings. The van der Waals surface area contributed by atoms with Crippen LogP contribution in [0.2, 0.25) is 0 Å². The fourth-order valence-electron chi connectivity index (χ4n) is 1.70. The summed E-state index contributed by atoms with van der Waals surface area (Å²) in [6.45, 7) is 0. The first kappa shape index (κ1) is 11.6. The summed E-state index contributed by atoms with van der Waals surface area (Å²) >= 11 is 0. The van der Waals surface area contributed by atoms with Gasteiger partial charge in [0, 0.05) is 18.6 Å². The predicted octanol–water partition coefficient (Wildman–Crippen LogP) is 2.81. The number of alkyl halides is 3. The topological polar surface area (TPSA) is 43.1 Å². The number of aromatic nitrogens is 4. The van der Waals surface area contributed by atoms with Crippen molar-refractivity contribution < 1.29 is 13.2 Å². The third kappa shape index (κ3) is 2.14. The second-order valence-electron chi connectivity index (χ2n) is 3.86. The van der Waals surface area contributed by atoms with Crippen molar-refractivity contribution in [3.8, 4) is 11.4 Å². The maximum Gasteiger partial charge on any atom is 0.451 e. The average Bonchev–Trinajstić information content (AvgIpc) is 2.81. The standard InChI is InChI=1S/C12H7F3N4/c13-12(14,15)11-16-5-4-8(18-11)9-7-19-6-2-1-3-10(19)17-9/h1-7H. The van der Waals surface area contributed by atoms with Crippen LogP contribution in [0.3, 0.4) is 0 Å². The number of nitrogens with zero attached hydrogens (tertiary/aromatic N) is 4. The van der Waals surface area contributed by atoms with Gasteiger partial charge in [-0.1, -0.05) is 6.07 Å². The van der Waals surface area contributed by atoms with Gasteiger partial charge in [-0.25, -0.2) is 15.0 Å². The van der Waals surface area contributed by atoms with Crippen molar-refractivity contribution in [3.05, 3.63) is 48.7 Å². The van der Waals surface area contributed by atoms with E-state index in [-0.39, 0.29) is 5.69 Å². The van der Waals surface area contributed by atoms with Crippen molar-refractivity contribution in [2.75, 3.05) is 0 Å². The van der Waals surface area contributed by atoms with E-state index in [0.29, 0.717) is 11.3 Å². The fourth-order valence-corrected chi connectivity index (χ4v) is 1.70. The molecule has 4 nitrogen and oxygen atoms in total. The molecular weight excluding hydrogens is 257 g/mol. The van der Waals surface area contributed by atoms with Crippen molar-refractivity contribution in [2.45, 2.75) is 6.18 Å². The van der Waals surface area contributed by atoms with Crippen LogP contribution in [0.4, 0.5) is 13.2 Å². The fraction of sp³-hybridized carbons (Fsp3) is 0.0833. The van der Waals surface area contributed by atoms with Gasteiger partial charge in [0.1, 0.15) is 11.3 Å². The van der Waals surface area contributed by atoms with E-state index in [9.17, 15) is 13.2 Å². The van der Waals surface area contributed by atoms with Crippen LogP contribution in [0.5, 0.6) is 0 Å². The Balaban J connectivity index is 2.11. The number of rotatable bonds is 1. The Hall–Kier alpha value is -2.44. The molecule has 0 spiro atoms. The normalized spacial score (nSPS) is 11.9. The van der Waals surface area contributed by atoms with E-state index >= 15 is 0 Å². The molecule has 0 saturated carbocycles. The number of hydrogen-bond donors (Lipinski definition) is 0. The van der Waals surface area contributed by atoms with E-state index in [4.69, 9.17) is 0 Å². The molecule has 0 N–H and O–H groups in total. The number of fused-ring (bicyclic) bond motifs is 1. The van der Waals surface area contributed by atoms with Crippen LogP contribution in [0.1, 0.15) is 5.82 Å². The minimum Gasteiger partial charge on any atom is -0.306 e. The van der Waals surface area contributed by atoms with Crippen molar-refractivity contribution in [2.24, 2.45) is 0 Å². The molecule has 0 amide bonds. The summed E-state index contributed by atoms with van der Waals surface area (Å²) in [4.78, 5) is 10.9. The lowest BCUT2D eigenvalue weighted by Gasteiger charge is -2.04. The molecule has 0 fully saturated rings. The lowest BCUT2D eigenvalue weighted by Crippen LogP contribution is -2.10. The van der Waals surface area contributed by atoms with Crippen LogP contribution in [-0.2, 0) is 6.18 Å². The summed E-state index contributed by atoms with van der Waals surface area (Å²) in [6, 6.07) is 6.76. The zero-order valence-electron chi connectivity index (χ0n) is 9.46. The molecule has 0 aromatic carbocycles. The third-order valence-electron chi connectivity index (χ3n) is 2.54. The minimum atomic E-state index is -4.56. The molecule has 0 unspecified atom stereocenters. The highest BCUT2D eigenvalue weighted by molar-refractivity contribution is 5.58. The first-order valence-corrected chi connectivity index (χ1v) is 5.38. The SMILES string of the molecule is FC(F)(F)c1nccc(-c2cn3ccccc3n2)n1. The first-order chi connectivity index (χ1) is 9.04. The summed E-state index contributed by atoms with van der Waals surface area (Å²) < 4.78 is 39.3. The first-order valence-electron chi connectivity index (χ1n) is 5.38. The second-order valence-corrected chi connectivity index (χ2v) is 3.86. The van der Waals surface area contributed by atoms with Gasteiger partial charge in [0.15, 0.2) is 0 Å². The highest BCUT2D eigenvalue weighted by Crippen LogP contribution is 2.27. The zero-order chi connectivity index (χ0) is 13.5. The lowest BCUT2D eigenvalue weighted by molar-refractivity contribution is -0.144. The van der Waals surface area contributed by atoms with Crippen molar-refractivity contribution >= 4 is 5.65 Å². The predicted molar refractivity (Wildman–Crippen MR) is 61.2 cm³/mol.